The van der Waals surface area contributed by atoms with Gasteiger partial charge in [-0.3, -0.25) is 4.90 Å². The maximum Gasteiger partial charge on any atom is 0.0826 e. The molecule has 21 heavy (non-hydrogen) atoms. The first-order valence-electron chi connectivity index (χ1n) is 8.64. The maximum atomic E-state index is 6.19. The quantitative estimate of drug-likeness (QED) is 0.796. The van der Waals surface area contributed by atoms with Crippen LogP contribution in [0.2, 0.25) is 0 Å². The summed E-state index contributed by atoms with van der Waals surface area (Å²) in [4.78, 5) is 2.59. The second-order valence-corrected chi connectivity index (χ2v) is 9.37. The van der Waals surface area contributed by atoms with E-state index in [2.05, 4.69) is 30.6 Å². The van der Waals surface area contributed by atoms with Crippen LogP contribution in [0.15, 0.2) is 0 Å². The Morgan fingerprint density at radius 1 is 1.19 bits per heavy atom. The van der Waals surface area contributed by atoms with Gasteiger partial charge in [-0.1, -0.05) is 6.92 Å². The number of rotatable bonds is 4. The molecule has 1 saturated carbocycles. The molecular formula is C17H29NO2S. The molecule has 120 valence electrons. The van der Waals surface area contributed by atoms with Gasteiger partial charge in [0, 0.05) is 23.0 Å². The van der Waals surface area contributed by atoms with Crippen LogP contribution in [0.4, 0.5) is 0 Å². The Morgan fingerprint density at radius 2 is 1.95 bits per heavy atom. The van der Waals surface area contributed by atoms with E-state index in [0.29, 0.717) is 11.0 Å². The Labute approximate surface area is 133 Å². The number of fused-ring (bicyclic) bond motifs is 2. The highest BCUT2D eigenvalue weighted by Gasteiger charge is 2.58. The molecule has 4 heteroatoms. The van der Waals surface area contributed by atoms with Gasteiger partial charge in [-0.05, 0) is 45.6 Å². The standard InChI is InChI=1S/C17H29NO2S/c1-3-17-8-16(12-20-17,18(2)9-17)13-21-14-4-6-15(7-5-14)10-19-11-15/h14H,3-13H2,1-2H3/t16-,17-/m0/s1. The molecule has 0 aromatic rings. The van der Waals surface area contributed by atoms with Crippen molar-refractivity contribution in [3.05, 3.63) is 0 Å². The molecule has 0 unspecified atom stereocenters. The van der Waals surface area contributed by atoms with Crippen molar-refractivity contribution < 1.29 is 9.47 Å². The zero-order valence-electron chi connectivity index (χ0n) is 13.5. The Bertz CT molecular complexity index is 404. The van der Waals surface area contributed by atoms with Crippen molar-refractivity contribution in [3.63, 3.8) is 0 Å². The van der Waals surface area contributed by atoms with Gasteiger partial charge in [-0.25, -0.2) is 0 Å². The Kier molecular flexibility index (Phi) is 3.61. The van der Waals surface area contributed by atoms with E-state index >= 15 is 0 Å². The van der Waals surface area contributed by atoms with Crippen molar-refractivity contribution in [2.24, 2.45) is 5.41 Å². The number of morpholine rings is 1. The largest absolute Gasteiger partial charge is 0.380 e. The molecule has 0 aromatic carbocycles. The fourth-order valence-corrected chi connectivity index (χ4v) is 6.32. The van der Waals surface area contributed by atoms with Crippen LogP contribution in [0.1, 0.15) is 45.4 Å². The Morgan fingerprint density at radius 3 is 2.48 bits per heavy atom. The summed E-state index contributed by atoms with van der Waals surface area (Å²) in [5.74, 6) is 1.26. The lowest BCUT2D eigenvalue weighted by molar-refractivity contribution is -0.130. The number of hydrogen-bond acceptors (Lipinski definition) is 4. The third-order valence-electron chi connectivity index (χ3n) is 6.68. The topological polar surface area (TPSA) is 21.7 Å². The smallest absolute Gasteiger partial charge is 0.0826 e. The molecule has 0 amide bonds. The van der Waals surface area contributed by atoms with Gasteiger partial charge in [-0.15, -0.1) is 0 Å². The molecule has 0 radical (unpaired) electrons. The highest BCUT2D eigenvalue weighted by molar-refractivity contribution is 8.00. The van der Waals surface area contributed by atoms with E-state index in [1.54, 1.807) is 0 Å². The van der Waals surface area contributed by atoms with Gasteiger partial charge in [0.25, 0.3) is 0 Å². The van der Waals surface area contributed by atoms with Crippen molar-refractivity contribution in [3.8, 4) is 0 Å². The number of likely N-dealkylation sites (tertiary alicyclic amines) is 1. The number of hydrogen-bond donors (Lipinski definition) is 0. The van der Waals surface area contributed by atoms with Crippen LogP contribution in [0, 0.1) is 5.41 Å². The molecular weight excluding hydrogens is 282 g/mol. The minimum Gasteiger partial charge on any atom is -0.380 e. The van der Waals surface area contributed by atoms with Crippen molar-refractivity contribution in [2.45, 2.75) is 61.8 Å². The molecule has 2 atom stereocenters. The molecule has 3 saturated heterocycles. The lowest BCUT2D eigenvalue weighted by Crippen LogP contribution is -2.50. The second-order valence-electron chi connectivity index (χ2n) is 8.09. The molecule has 3 heterocycles. The number of ether oxygens (including phenoxy) is 2. The fourth-order valence-electron chi connectivity index (χ4n) is 4.80. The monoisotopic (exact) mass is 311 g/mol. The average molecular weight is 311 g/mol. The molecule has 2 bridgehead atoms. The summed E-state index contributed by atoms with van der Waals surface area (Å²) >= 11 is 2.23. The van der Waals surface area contributed by atoms with Gasteiger partial charge in [0.05, 0.1) is 31.0 Å². The van der Waals surface area contributed by atoms with Gasteiger partial charge in [0.1, 0.15) is 0 Å². The predicted octanol–water partition coefficient (Wildman–Crippen LogP) is 2.93. The van der Waals surface area contributed by atoms with E-state index in [1.165, 1.54) is 37.9 Å². The Balaban J connectivity index is 1.31. The zero-order chi connectivity index (χ0) is 14.6. The molecule has 1 spiro atoms. The minimum absolute atomic E-state index is 0.176. The first kappa shape index (κ1) is 14.8. The number of thioether (sulfide) groups is 1. The van der Waals surface area contributed by atoms with Crippen molar-refractivity contribution >= 4 is 11.8 Å². The molecule has 0 N–H and O–H groups in total. The van der Waals surface area contributed by atoms with Gasteiger partial charge in [-0.2, -0.15) is 11.8 Å². The van der Waals surface area contributed by atoms with E-state index in [1.807, 2.05) is 0 Å². The summed E-state index contributed by atoms with van der Waals surface area (Å²) in [5.41, 5.74) is 1.10. The highest BCUT2D eigenvalue weighted by Crippen LogP contribution is 2.50. The van der Waals surface area contributed by atoms with Gasteiger partial charge >= 0.3 is 0 Å². The summed E-state index contributed by atoms with van der Waals surface area (Å²) in [5, 5.41) is 0.872. The normalized spacial score (nSPS) is 42.6. The highest BCUT2D eigenvalue weighted by atomic mass is 32.2. The average Bonchev–Trinajstić information content (AvgIpc) is 2.98. The summed E-state index contributed by atoms with van der Waals surface area (Å²) in [6, 6.07) is 0. The lowest BCUT2D eigenvalue weighted by atomic mass is 9.72. The van der Waals surface area contributed by atoms with Gasteiger partial charge in [0.15, 0.2) is 0 Å². The fraction of sp³-hybridized carbons (Fsp3) is 1.00. The predicted molar refractivity (Wildman–Crippen MR) is 86.9 cm³/mol. The minimum atomic E-state index is 0.176. The molecule has 0 aromatic heterocycles. The molecule has 4 rings (SSSR count). The van der Waals surface area contributed by atoms with Crippen LogP contribution < -0.4 is 0 Å². The van der Waals surface area contributed by atoms with Crippen LogP contribution in [0.5, 0.6) is 0 Å². The molecule has 1 aliphatic carbocycles. The van der Waals surface area contributed by atoms with E-state index in [9.17, 15) is 0 Å². The van der Waals surface area contributed by atoms with Crippen LogP contribution in [-0.2, 0) is 9.47 Å². The van der Waals surface area contributed by atoms with E-state index in [-0.39, 0.29) is 5.60 Å². The van der Waals surface area contributed by atoms with Crippen molar-refractivity contribution in [1.82, 2.24) is 4.90 Å². The molecule has 3 aliphatic heterocycles. The van der Waals surface area contributed by atoms with Crippen molar-refractivity contribution in [2.75, 3.05) is 39.2 Å². The molecule has 4 aliphatic rings. The zero-order valence-corrected chi connectivity index (χ0v) is 14.3. The summed E-state index contributed by atoms with van der Waals surface area (Å²) in [7, 11) is 2.31. The SMILES string of the molecule is CC[C@]12CN(C)[C@](CSC3CCC4(CC3)COC4)(CO1)C2. The van der Waals surface area contributed by atoms with E-state index in [0.717, 1.165) is 38.0 Å². The van der Waals surface area contributed by atoms with Crippen LogP contribution in [0.25, 0.3) is 0 Å². The third kappa shape index (κ3) is 2.37. The van der Waals surface area contributed by atoms with Crippen LogP contribution in [0.3, 0.4) is 0 Å². The first-order valence-corrected chi connectivity index (χ1v) is 9.69. The summed E-state index contributed by atoms with van der Waals surface area (Å²) < 4.78 is 11.6. The van der Waals surface area contributed by atoms with Gasteiger partial charge < -0.3 is 9.47 Å². The summed E-state index contributed by atoms with van der Waals surface area (Å²) in [6.45, 7) is 6.43. The number of likely N-dealkylation sites (N-methyl/N-ethyl adjacent to an activating group) is 1. The maximum absolute atomic E-state index is 6.19. The van der Waals surface area contributed by atoms with Crippen molar-refractivity contribution in [1.29, 1.82) is 0 Å². The van der Waals surface area contributed by atoms with Crippen LogP contribution in [-0.4, -0.2) is 60.5 Å². The Hall–Kier alpha value is 0.230. The second kappa shape index (κ2) is 5.12. The van der Waals surface area contributed by atoms with Crippen LogP contribution >= 0.6 is 11.8 Å². The molecule has 3 nitrogen and oxygen atoms in total. The van der Waals surface area contributed by atoms with E-state index < -0.39 is 0 Å². The third-order valence-corrected chi connectivity index (χ3v) is 8.32. The van der Waals surface area contributed by atoms with Gasteiger partial charge in [0.2, 0.25) is 0 Å². The summed E-state index contributed by atoms with van der Waals surface area (Å²) in [6.07, 6.45) is 7.99. The van der Waals surface area contributed by atoms with E-state index in [4.69, 9.17) is 9.47 Å². The number of nitrogens with zero attached hydrogens (tertiary/aromatic N) is 1. The lowest BCUT2D eigenvalue weighted by Gasteiger charge is -2.46. The first-order chi connectivity index (χ1) is 10.1. The molecule has 4 fully saturated rings.